The van der Waals surface area contributed by atoms with E-state index in [0.717, 1.165) is 5.56 Å². The molecule has 1 aromatic carbocycles. The van der Waals surface area contributed by atoms with Gasteiger partial charge in [-0.15, -0.1) is 11.3 Å². The van der Waals surface area contributed by atoms with Gasteiger partial charge in [-0.3, -0.25) is 14.5 Å². The highest BCUT2D eigenvalue weighted by Crippen LogP contribution is 2.27. The molecule has 1 aliphatic rings. The molecule has 1 saturated heterocycles. The van der Waals surface area contributed by atoms with Gasteiger partial charge in [0.2, 0.25) is 5.91 Å². The molecule has 1 atom stereocenters. The van der Waals surface area contributed by atoms with Crippen LogP contribution in [0.5, 0.6) is 0 Å². The number of ketones is 1. The van der Waals surface area contributed by atoms with E-state index in [4.69, 9.17) is 0 Å². The number of nitrogens with one attached hydrogen (secondary N) is 1. The van der Waals surface area contributed by atoms with Gasteiger partial charge in [-0.1, -0.05) is 12.1 Å². The van der Waals surface area contributed by atoms with E-state index < -0.39 is 6.04 Å². The zero-order valence-corrected chi connectivity index (χ0v) is 13.5. The van der Waals surface area contributed by atoms with Gasteiger partial charge in [-0.2, -0.15) is 0 Å². The second-order valence-electron chi connectivity index (χ2n) is 5.59. The maximum atomic E-state index is 13.5. The second kappa shape index (κ2) is 6.60. The molecule has 1 N–H and O–H groups in total. The molecule has 0 radical (unpaired) electrons. The van der Waals surface area contributed by atoms with Crippen molar-refractivity contribution in [2.75, 3.05) is 13.1 Å². The molecule has 6 heteroatoms. The summed E-state index contributed by atoms with van der Waals surface area (Å²) in [6.07, 6.45) is 0. The standard InChI is InChI=1S/C17H17FN2O2S/c1-11(21)15-7-12(10-23-15)9-20-6-5-19-17(22)16(20)13-3-2-4-14(18)8-13/h2-4,7-8,10,16H,5-6,9H2,1H3,(H,19,22). The van der Waals surface area contributed by atoms with Gasteiger partial charge in [0.1, 0.15) is 11.9 Å². The van der Waals surface area contributed by atoms with Crippen LogP contribution in [0, 0.1) is 5.82 Å². The Morgan fingerprint density at radius 2 is 2.26 bits per heavy atom. The van der Waals surface area contributed by atoms with Crippen LogP contribution in [0.3, 0.4) is 0 Å². The van der Waals surface area contributed by atoms with E-state index in [-0.39, 0.29) is 17.5 Å². The molecule has 0 saturated carbocycles. The topological polar surface area (TPSA) is 49.4 Å². The van der Waals surface area contributed by atoms with Crippen LogP contribution in [-0.2, 0) is 11.3 Å². The predicted octanol–water partition coefficient (Wildman–Crippen LogP) is 2.76. The number of amides is 1. The van der Waals surface area contributed by atoms with Crippen molar-refractivity contribution in [1.82, 2.24) is 10.2 Å². The normalized spacial score (nSPS) is 18.7. The van der Waals surface area contributed by atoms with Gasteiger partial charge in [0.05, 0.1) is 4.88 Å². The van der Waals surface area contributed by atoms with Crippen molar-refractivity contribution in [3.63, 3.8) is 0 Å². The number of halogens is 1. The Hall–Kier alpha value is -2.05. The number of benzene rings is 1. The summed E-state index contributed by atoms with van der Waals surface area (Å²) in [5.74, 6) is -0.432. The first-order valence-corrected chi connectivity index (χ1v) is 8.28. The third kappa shape index (κ3) is 3.48. The monoisotopic (exact) mass is 332 g/mol. The lowest BCUT2D eigenvalue weighted by atomic mass is 10.0. The fourth-order valence-corrected chi connectivity index (χ4v) is 3.61. The average molecular weight is 332 g/mol. The maximum absolute atomic E-state index is 13.5. The van der Waals surface area contributed by atoms with Crippen molar-refractivity contribution in [1.29, 1.82) is 0 Å². The molecule has 23 heavy (non-hydrogen) atoms. The third-order valence-corrected chi connectivity index (χ3v) is 4.94. The molecular weight excluding hydrogens is 315 g/mol. The summed E-state index contributed by atoms with van der Waals surface area (Å²) in [6, 6.07) is 7.50. The Bertz CT molecular complexity index is 744. The minimum Gasteiger partial charge on any atom is -0.353 e. The third-order valence-electron chi connectivity index (χ3n) is 3.86. The number of nitrogens with zero attached hydrogens (tertiary/aromatic N) is 1. The van der Waals surface area contributed by atoms with Crippen LogP contribution < -0.4 is 5.32 Å². The first-order chi connectivity index (χ1) is 11.0. The number of carbonyl (C=O) groups excluding carboxylic acids is 2. The summed E-state index contributed by atoms with van der Waals surface area (Å²) < 4.78 is 13.5. The Morgan fingerprint density at radius 3 is 2.96 bits per heavy atom. The van der Waals surface area contributed by atoms with Gasteiger partial charge < -0.3 is 5.32 Å². The number of hydrogen-bond donors (Lipinski definition) is 1. The highest BCUT2D eigenvalue weighted by molar-refractivity contribution is 7.12. The van der Waals surface area contributed by atoms with Crippen molar-refractivity contribution in [2.45, 2.75) is 19.5 Å². The fraction of sp³-hybridized carbons (Fsp3) is 0.294. The molecule has 3 rings (SSSR count). The van der Waals surface area contributed by atoms with E-state index in [1.165, 1.54) is 23.5 Å². The van der Waals surface area contributed by atoms with Crippen LogP contribution in [-0.4, -0.2) is 29.7 Å². The molecule has 1 aromatic heterocycles. The first kappa shape index (κ1) is 15.8. The van der Waals surface area contributed by atoms with Gasteiger partial charge >= 0.3 is 0 Å². The highest BCUT2D eigenvalue weighted by Gasteiger charge is 2.31. The van der Waals surface area contributed by atoms with E-state index in [2.05, 4.69) is 5.32 Å². The molecule has 1 amide bonds. The average Bonchev–Trinajstić information content (AvgIpc) is 2.96. The first-order valence-electron chi connectivity index (χ1n) is 7.40. The summed E-state index contributed by atoms with van der Waals surface area (Å²) in [5, 5.41) is 4.77. The summed E-state index contributed by atoms with van der Waals surface area (Å²) in [4.78, 5) is 26.4. The lowest BCUT2D eigenvalue weighted by molar-refractivity contribution is -0.129. The van der Waals surface area contributed by atoms with Crippen molar-refractivity contribution in [2.24, 2.45) is 0 Å². The van der Waals surface area contributed by atoms with Gasteiger partial charge in [0, 0.05) is 19.6 Å². The van der Waals surface area contributed by atoms with Crippen LogP contribution in [0.15, 0.2) is 35.7 Å². The van der Waals surface area contributed by atoms with E-state index in [1.807, 2.05) is 16.3 Å². The molecule has 1 unspecified atom stereocenters. The lowest BCUT2D eigenvalue weighted by Crippen LogP contribution is -2.49. The Labute approximate surface area is 137 Å². The number of hydrogen-bond acceptors (Lipinski definition) is 4. The van der Waals surface area contributed by atoms with Crippen molar-refractivity contribution in [3.8, 4) is 0 Å². The van der Waals surface area contributed by atoms with Crippen LogP contribution in [0.2, 0.25) is 0 Å². The van der Waals surface area contributed by atoms with Gasteiger partial charge in [-0.05, 0) is 41.6 Å². The number of rotatable bonds is 4. The van der Waals surface area contributed by atoms with Crippen molar-refractivity contribution < 1.29 is 14.0 Å². The zero-order valence-electron chi connectivity index (χ0n) is 12.7. The maximum Gasteiger partial charge on any atom is 0.242 e. The van der Waals surface area contributed by atoms with Gasteiger partial charge in [0.15, 0.2) is 5.78 Å². The number of thiophene rings is 1. The number of piperazine rings is 1. The molecular formula is C17H17FN2O2S. The molecule has 0 spiro atoms. The summed E-state index contributed by atoms with van der Waals surface area (Å²) in [6.45, 7) is 3.34. The van der Waals surface area contributed by atoms with Crippen LogP contribution >= 0.6 is 11.3 Å². The van der Waals surface area contributed by atoms with E-state index in [1.54, 1.807) is 19.1 Å². The molecule has 0 bridgehead atoms. The van der Waals surface area contributed by atoms with Gasteiger partial charge in [-0.25, -0.2) is 4.39 Å². The van der Waals surface area contributed by atoms with E-state index in [0.29, 0.717) is 30.1 Å². The molecule has 2 heterocycles. The Kier molecular flexibility index (Phi) is 4.54. The van der Waals surface area contributed by atoms with Crippen LogP contribution in [0.25, 0.3) is 0 Å². The Morgan fingerprint density at radius 1 is 1.43 bits per heavy atom. The molecule has 1 aliphatic heterocycles. The van der Waals surface area contributed by atoms with E-state index >= 15 is 0 Å². The smallest absolute Gasteiger partial charge is 0.242 e. The summed E-state index contributed by atoms with van der Waals surface area (Å²) in [7, 11) is 0. The fourth-order valence-electron chi connectivity index (χ4n) is 2.80. The quantitative estimate of drug-likeness (QED) is 0.876. The van der Waals surface area contributed by atoms with Crippen molar-refractivity contribution >= 4 is 23.0 Å². The zero-order chi connectivity index (χ0) is 16.4. The number of carbonyl (C=O) groups is 2. The van der Waals surface area contributed by atoms with Gasteiger partial charge in [0.25, 0.3) is 0 Å². The second-order valence-corrected chi connectivity index (χ2v) is 6.51. The van der Waals surface area contributed by atoms with Crippen molar-refractivity contribution in [3.05, 3.63) is 57.5 Å². The highest BCUT2D eigenvalue weighted by atomic mass is 32.1. The molecule has 4 nitrogen and oxygen atoms in total. The lowest BCUT2D eigenvalue weighted by Gasteiger charge is -2.35. The minimum absolute atomic E-state index is 0.0410. The van der Waals surface area contributed by atoms with Crippen LogP contribution in [0.4, 0.5) is 4.39 Å². The summed E-state index contributed by atoms with van der Waals surface area (Å²) in [5.41, 5.74) is 1.64. The Balaban J connectivity index is 1.85. The molecule has 2 aromatic rings. The summed E-state index contributed by atoms with van der Waals surface area (Å²) >= 11 is 1.41. The number of Topliss-reactive ketones (excluding diaryl/α,β-unsaturated/α-hetero) is 1. The van der Waals surface area contributed by atoms with E-state index in [9.17, 15) is 14.0 Å². The van der Waals surface area contributed by atoms with Crippen LogP contribution in [0.1, 0.15) is 33.8 Å². The SMILES string of the molecule is CC(=O)c1cc(CN2CCNC(=O)C2c2cccc(F)c2)cs1. The predicted molar refractivity (Wildman–Crippen MR) is 86.9 cm³/mol. The largest absolute Gasteiger partial charge is 0.353 e. The molecule has 120 valence electrons. The molecule has 0 aliphatic carbocycles. The molecule has 1 fully saturated rings. The minimum atomic E-state index is -0.514.